The van der Waals surface area contributed by atoms with Crippen molar-refractivity contribution in [2.75, 3.05) is 13.7 Å². The molecule has 1 fully saturated rings. The van der Waals surface area contributed by atoms with E-state index in [0.29, 0.717) is 30.0 Å². The van der Waals surface area contributed by atoms with Gasteiger partial charge in [0.15, 0.2) is 0 Å². The van der Waals surface area contributed by atoms with Crippen molar-refractivity contribution in [2.24, 2.45) is 10.9 Å². The molecule has 3 rings (SSSR count). The summed E-state index contributed by atoms with van der Waals surface area (Å²) in [6.45, 7) is 4.26. The number of rotatable bonds is 6. The Balaban J connectivity index is 2.09. The molecule has 5 nitrogen and oxygen atoms in total. The normalized spacial score (nSPS) is 22.2. The Kier molecular flexibility index (Phi) is 6.09. The topological polar surface area (TPSA) is 65.0 Å². The first-order chi connectivity index (χ1) is 13.1. The van der Waals surface area contributed by atoms with Crippen LogP contribution in [0.5, 0.6) is 5.75 Å². The summed E-state index contributed by atoms with van der Waals surface area (Å²) in [6, 6.07) is 7.59. The first-order valence-corrected chi connectivity index (χ1v) is 9.69. The van der Waals surface area contributed by atoms with E-state index in [4.69, 9.17) is 9.47 Å². The third kappa shape index (κ3) is 3.82. The maximum Gasteiger partial charge on any atom is 0.336 e. The highest BCUT2D eigenvalue weighted by molar-refractivity contribution is 6.11. The lowest BCUT2D eigenvalue weighted by atomic mass is 9.69. The van der Waals surface area contributed by atoms with Gasteiger partial charge < -0.3 is 9.47 Å². The summed E-state index contributed by atoms with van der Waals surface area (Å²) < 4.78 is 11.1. The number of esters is 1. The molecule has 1 saturated carbocycles. The number of nitrogens with zero attached hydrogens (tertiary/aromatic N) is 1. The molecule has 1 aromatic carbocycles. The van der Waals surface area contributed by atoms with E-state index in [2.05, 4.69) is 4.99 Å². The van der Waals surface area contributed by atoms with E-state index in [9.17, 15) is 9.59 Å². The van der Waals surface area contributed by atoms with E-state index < -0.39 is 11.8 Å². The van der Waals surface area contributed by atoms with Crippen LogP contribution in [0.2, 0.25) is 0 Å². The van der Waals surface area contributed by atoms with Gasteiger partial charge in [-0.2, -0.15) is 0 Å². The van der Waals surface area contributed by atoms with Crippen molar-refractivity contribution in [2.45, 2.75) is 51.9 Å². The zero-order chi connectivity index (χ0) is 19.4. The van der Waals surface area contributed by atoms with Crippen LogP contribution in [0.25, 0.3) is 0 Å². The number of ketones is 1. The van der Waals surface area contributed by atoms with Gasteiger partial charge in [0.25, 0.3) is 0 Å². The number of unbranched alkanes of at least 4 members (excludes halogenated alkanes) is 1. The van der Waals surface area contributed by atoms with Gasteiger partial charge in [0.2, 0.25) is 0 Å². The minimum atomic E-state index is -0.410. The minimum absolute atomic E-state index is 0.141. The van der Waals surface area contributed by atoms with Gasteiger partial charge in [-0.15, -0.1) is 0 Å². The van der Waals surface area contributed by atoms with Crippen molar-refractivity contribution in [3.63, 3.8) is 0 Å². The Hall–Kier alpha value is -2.43. The molecule has 0 saturated heterocycles. The van der Waals surface area contributed by atoms with E-state index in [0.717, 1.165) is 37.0 Å². The van der Waals surface area contributed by atoms with Gasteiger partial charge in [0.1, 0.15) is 11.5 Å². The monoisotopic (exact) mass is 369 g/mol. The number of fused-ring (bicyclic) bond motifs is 1. The lowest BCUT2D eigenvalue weighted by Gasteiger charge is -2.36. The molecule has 1 aliphatic heterocycles. The second kappa shape index (κ2) is 8.51. The molecule has 0 aromatic heterocycles. The van der Waals surface area contributed by atoms with Crippen LogP contribution in [-0.4, -0.2) is 31.2 Å². The van der Waals surface area contributed by atoms with Gasteiger partial charge in [-0.05, 0) is 32.3 Å². The Bertz CT molecular complexity index is 793. The molecule has 27 heavy (non-hydrogen) atoms. The second-order valence-electron chi connectivity index (χ2n) is 7.11. The van der Waals surface area contributed by atoms with Crippen molar-refractivity contribution >= 4 is 17.5 Å². The van der Waals surface area contributed by atoms with Crippen molar-refractivity contribution < 1.29 is 19.1 Å². The standard InChI is InChI=1S/C22H27NO4/c1-4-5-13-27-22(25)19-14(2)23-16-10-8-11-17(24)21(16)20(19)15-9-6-7-12-18(15)26-3/h6-7,9,12,20-21H,4-5,8,10-11,13H2,1-3H3/t20-,21+/m0/s1. The number of Topliss-reactive ketones (excluding diaryl/α,β-unsaturated/α-hetero) is 1. The maximum absolute atomic E-state index is 12.9. The van der Waals surface area contributed by atoms with Crippen LogP contribution in [-0.2, 0) is 14.3 Å². The number of aliphatic imine (C=N–C) groups is 1. The second-order valence-corrected chi connectivity index (χ2v) is 7.11. The predicted molar refractivity (Wildman–Crippen MR) is 104 cm³/mol. The molecular weight excluding hydrogens is 342 g/mol. The highest BCUT2D eigenvalue weighted by atomic mass is 16.5. The van der Waals surface area contributed by atoms with E-state index in [1.54, 1.807) is 7.11 Å². The van der Waals surface area contributed by atoms with Crippen LogP contribution in [0.1, 0.15) is 57.4 Å². The third-order valence-corrected chi connectivity index (χ3v) is 5.33. The fourth-order valence-electron chi connectivity index (χ4n) is 4.03. The van der Waals surface area contributed by atoms with E-state index in [-0.39, 0.29) is 11.8 Å². The SMILES string of the molecule is CCCCOC(=O)C1=C(C)N=C2CCCC(=O)[C@@H]2[C@H]1c1ccccc1OC. The zero-order valence-corrected chi connectivity index (χ0v) is 16.3. The van der Waals surface area contributed by atoms with Crippen LogP contribution >= 0.6 is 0 Å². The predicted octanol–water partition coefficient (Wildman–Crippen LogP) is 4.22. The summed E-state index contributed by atoms with van der Waals surface area (Å²) in [5.41, 5.74) is 2.85. The first kappa shape index (κ1) is 19.3. The number of carbonyl (C=O) groups is 2. The number of ether oxygens (including phenoxy) is 2. The van der Waals surface area contributed by atoms with Gasteiger partial charge in [0.05, 0.1) is 25.2 Å². The number of para-hydroxylation sites is 1. The highest BCUT2D eigenvalue weighted by Gasteiger charge is 2.44. The summed E-state index contributed by atoms with van der Waals surface area (Å²) in [6.07, 6.45) is 3.89. The molecule has 0 amide bonds. The summed E-state index contributed by atoms with van der Waals surface area (Å²) in [5, 5.41) is 0. The molecule has 0 unspecified atom stereocenters. The number of carbonyl (C=O) groups excluding carboxylic acids is 2. The minimum Gasteiger partial charge on any atom is -0.496 e. The molecule has 0 N–H and O–H groups in total. The summed E-state index contributed by atoms with van der Waals surface area (Å²) in [7, 11) is 1.61. The average Bonchev–Trinajstić information content (AvgIpc) is 2.67. The Morgan fingerprint density at radius 3 is 2.74 bits per heavy atom. The molecule has 2 aliphatic rings. The number of hydrogen-bond acceptors (Lipinski definition) is 5. The molecule has 1 aliphatic carbocycles. The van der Waals surface area contributed by atoms with Crippen LogP contribution in [0.15, 0.2) is 40.5 Å². The summed E-state index contributed by atoms with van der Waals surface area (Å²) in [5.74, 6) is -0.378. The number of hydrogen-bond donors (Lipinski definition) is 0. The van der Waals surface area contributed by atoms with Crippen molar-refractivity contribution in [3.8, 4) is 5.75 Å². The van der Waals surface area contributed by atoms with Crippen LogP contribution in [0.3, 0.4) is 0 Å². The molecule has 1 heterocycles. The van der Waals surface area contributed by atoms with Crippen LogP contribution in [0, 0.1) is 5.92 Å². The fraction of sp³-hybridized carbons (Fsp3) is 0.500. The highest BCUT2D eigenvalue weighted by Crippen LogP contribution is 2.45. The molecule has 0 radical (unpaired) electrons. The van der Waals surface area contributed by atoms with E-state index in [1.165, 1.54) is 0 Å². The number of benzene rings is 1. The maximum atomic E-state index is 12.9. The smallest absolute Gasteiger partial charge is 0.336 e. The quantitative estimate of drug-likeness (QED) is 0.556. The summed E-state index contributed by atoms with van der Waals surface area (Å²) in [4.78, 5) is 30.4. The van der Waals surface area contributed by atoms with Gasteiger partial charge >= 0.3 is 5.97 Å². The van der Waals surface area contributed by atoms with Gasteiger partial charge in [-0.1, -0.05) is 31.5 Å². The van der Waals surface area contributed by atoms with Crippen molar-refractivity contribution in [3.05, 3.63) is 41.1 Å². The fourth-order valence-corrected chi connectivity index (χ4v) is 4.03. The molecule has 2 atom stereocenters. The van der Waals surface area contributed by atoms with Gasteiger partial charge in [-0.3, -0.25) is 9.79 Å². The van der Waals surface area contributed by atoms with Crippen molar-refractivity contribution in [1.29, 1.82) is 0 Å². The average molecular weight is 369 g/mol. The Morgan fingerprint density at radius 1 is 1.22 bits per heavy atom. The zero-order valence-electron chi connectivity index (χ0n) is 16.3. The third-order valence-electron chi connectivity index (χ3n) is 5.33. The molecule has 1 aromatic rings. The molecule has 0 spiro atoms. The number of methoxy groups -OCH3 is 1. The van der Waals surface area contributed by atoms with Crippen molar-refractivity contribution in [1.82, 2.24) is 0 Å². The van der Waals surface area contributed by atoms with E-state index >= 15 is 0 Å². The van der Waals surface area contributed by atoms with Crippen LogP contribution < -0.4 is 4.74 Å². The lowest BCUT2D eigenvalue weighted by Crippen LogP contribution is -2.39. The lowest BCUT2D eigenvalue weighted by molar-refractivity contribution is -0.139. The molecule has 144 valence electrons. The van der Waals surface area contributed by atoms with E-state index in [1.807, 2.05) is 38.1 Å². The summed E-state index contributed by atoms with van der Waals surface area (Å²) >= 11 is 0. The molecular formula is C22H27NO4. The van der Waals surface area contributed by atoms with Gasteiger partial charge in [-0.25, -0.2) is 4.79 Å². The molecule has 5 heteroatoms. The molecule has 0 bridgehead atoms. The Morgan fingerprint density at radius 2 is 2.00 bits per heavy atom. The largest absolute Gasteiger partial charge is 0.496 e. The first-order valence-electron chi connectivity index (χ1n) is 9.69. The van der Waals surface area contributed by atoms with Crippen LogP contribution in [0.4, 0.5) is 0 Å². The Labute approximate surface area is 160 Å². The van der Waals surface area contributed by atoms with Gasteiger partial charge in [0, 0.05) is 29.3 Å². The number of allylic oxidation sites excluding steroid dienone is 1.